The Labute approximate surface area is 105 Å². The zero-order chi connectivity index (χ0) is 12.5. The molecule has 0 aliphatic carbocycles. The van der Waals surface area contributed by atoms with Crippen molar-refractivity contribution < 1.29 is 19.0 Å². The molecule has 1 N–H and O–H groups in total. The lowest BCUT2D eigenvalue weighted by molar-refractivity contribution is -0.146. The smallest absolute Gasteiger partial charge is 0.327 e. The average molecular weight is 249 g/mol. The van der Waals surface area contributed by atoms with Gasteiger partial charge in [0, 0.05) is 12.1 Å². The van der Waals surface area contributed by atoms with Gasteiger partial charge in [-0.05, 0) is 25.0 Å². The number of ether oxygens (including phenoxy) is 3. The van der Waals surface area contributed by atoms with Crippen LogP contribution in [0.4, 0.5) is 0 Å². The minimum atomic E-state index is -0.400. The minimum absolute atomic E-state index is 0.239. The number of hydrogen-bond donors (Lipinski definition) is 1. The summed E-state index contributed by atoms with van der Waals surface area (Å²) in [6, 6.07) is 3.36. The number of benzene rings is 1. The van der Waals surface area contributed by atoms with Gasteiger partial charge in [-0.15, -0.1) is 0 Å². The molecule has 0 aromatic heterocycles. The second-order valence-corrected chi connectivity index (χ2v) is 4.26. The van der Waals surface area contributed by atoms with Gasteiger partial charge in [-0.3, -0.25) is 0 Å². The van der Waals surface area contributed by atoms with Crippen molar-refractivity contribution in [2.75, 3.05) is 19.9 Å². The zero-order valence-electron chi connectivity index (χ0n) is 10.2. The van der Waals surface area contributed by atoms with Gasteiger partial charge in [-0.2, -0.15) is 0 Å². The number of carbonyl (C=O) groups is 1. The highest BCUT2D eigenvalue weighted by atomic mass is 16.7. The Morgan fingerprint density at radius 2 is 2.39 bits per heavy atom. The molecular formula is C13H15NO4. The van der Waals surface area contributed by atoms with Crippen LogP contribution in [0.5, 0.6) is 11.5 Å². The molecule has 0 saturated heterocycles. The Kier molecular flexibility index (Phi) is 2.83. The molecule has 0 fully saturated rings. The highest BCUT2D eigenvalue weighted by Gasteiger charge is 2.31. The molecule has 1 atom stereocenters. The second-order valence-electron chi connectivity index (χ2n) is 4.26. The number of carbonyl (C=O) groups excluding carboxylic acids is 1. The lowest BCUT2D eigenvalue weighted by Crippen LogP contribution is -2.36. The molecule has 2 aliphatic rings. The SMILES string of the molecule is CCOC(=O)C1NCCc2c1ccc1c2OCO1. The molecule has 0 spiro atoms. The highest BCUT2D eigenvalue weighted by Crippen LogP contribution is 2.41. The first-order chi connectivity index (χ1) is 8.81. The third-order valence-corrected chi connectivity index (χ3v) is 3.24. The number of esters is 1. The van der Waals surface area contributed by atoms with Crippen LogP contribution in [0.1, 0.15) is 24.1 Å². The van der Waals surface area contributed by atoms with Crippen molar-refractivity contribution in [3.05, 3.63) is 23.3 Å². The molecule has 0 saturated carbocycles. The third-order valence-electron chi connectivity index (χ3n) is 3.24. The Hall–Kier alpha value is -1.75. The molecular weight excluding hydrogens is 234 g/mol. The molecule has 5 heteroatoms. The lowest BCUT2D eigenvalue weighted by atomic mass is 9.93. The Balaban J connectivity index is 1.99. The molecule has 0 amide bonds. The van der Waals surface area contributed by atoms with Crippen molar-refractivity contribution in [1.82, 2.24) is 5.32 Å². The second kappa shape index (κ2) is 4.49. The maximum atomic E-state index is 11.9. The largest absolute Gasteiger partial charge is 0.465 e. The maximum Gasteiger partial charge on any atom is 0.327 e. The van der Waals surface area contributed by atoms with Gasteiger partial charge in [0.15, 0.2) is 11.5 Å². The first kappa shape index (κ1) is 11.3. The van der Waals surface area contributed by atoms with E-state index in [4.69, 9.17) is 14.2 Å². The van der Waals surface area contributed by atoms with Crippen LogP contribution < -0.4 is 14.8 Å². The van der Waals surface area contributed by atoms with Crippen molar-refractivity contribution in [2.24, 2.45) is 0 Å². The van der Waals surface area contributed by atoms with E-state index in [1.54, 1.807) is 6.92 Å². The molecule has 5 nitrogen and oxygen atoms in total. The molecule has 96 valence electrons. The van der Waals surface area contributed by atoms with E-state index in [0.29, 0.717) is 6.61 Å². The topological polar surface area (TPSA) is 56.8 Å². The Bertz CT molecular complexity index is 486. The summed E-state index contributed by atoms with van der Waals surface area (Å²) >= 11 is 0. The summed E-state index contributed by atoms with van der Waals surface area (Å²) in [4.78, 5) is 11.9. The Morgan fingerprint density at radius 3 is 3.22 bits per heavy atom. The summed E-state index contributed by atoms with van der Waals surface area (Å²) < 4.78 is 15.9. The van der Waals surface area contributed by atoms with Crippen molar-refractivity contribution >= 4 is 5.97 Å². The molecule has 0 bridgehead atoms. The van der Waals surface area contributed by atoms with Crippen molar-refractivity contribution in [3.8, 4) is 11.5 Å². The first-order valence-electron chi connectivity index (χ1n) is 6.12. The molecule has 0 radical (unpaired) electrons. The molecule has 1 unspecified atom stereocenters. The van der Waals surface area contributed by atoms with Gasteiger partial charge in [0.25, 0.3) is 0 Å². The fourth-order valence-corrected chi connectivity index (χ4v) is 2.46. The predicted molar refractivity (Wildman–Crippen MR) is 63.6 cm³/mol. The number of hydrogen-bond acceptors (Lipinski definition) is 5. The number of rotatable bonds is 2. The fourth-order valence-electron chi connectivity index (χ4n) is 2.46. The van der Waals surface area contributed by atoms with Crippen LogP contribution in [0, 0.1) is 0 Å². The maximum absolute atomic E-state index is 11.9. The molecule has 2 aliphatic heterocycles. The van der Waals surface area contributed by atoms with Gasteiger partial charge < -0.3 is 19.5 Å². The normalized spacial score (nSPS) is 20.4. The van der Waals surface area contributed by atoms with Gasteiger partial charge in [-0.25, -0.2) is 4.79 Å². The van der Waals surface area contributed by atoms with Crippen LogP contribution >= 0.6 is 0 Å². The van der Waals surface area contributed by atoms with Crippen LogP contribution in [-0.2, 0) is 16.0 Å². The average Bonchev–Trinajstić information content (AvgIpc) is 2.86. The Morgan fingerprint density at radius 1 is 1.50 bits per heavy atom. The van der Waals surface area contributed by atoms with E-state index in [2.05, 4.69) is 5.32 Å². The van der Waals surface area contributed by atoms with Crippen LogP contribution in [0.25, 0.3) is 0 Å². The van der Waals surface area contributed by atoms with Crippen molar-refractivity contribution in [3.63, 3.8) is 0 Å². The zero-order valence-corrected chi connectivity index (χ0v) is 10.2. The van der Waals surface area contributed by atoms with E-state index >= 15 is 0 Å². The monoisotopic (exact) mass is 249 g/mol. The number of fused-ring (bicyclic) bond motifs is 3. The lowest BCUT2D eigenvalue weighted by Gasteiger charge is -2.26. The first-order valence-corrected chi connectivity index (χ1v) is 6.12. The summed E-state index contributed by atoms with van der Waals surface area (Å²) in [7, 11) is 0. The standard InChI is InChI=1S/C13H15NO4/c1-2-16-13(15)11-8-3-4-10-12(18-7-17-10)9(8)5-6-14-11/h3-4,11,14H,2,5-7H2,1H3. The van der Waals surface area contributed by atoms with Crippen molar-refractivity contribution in [2.45, 2.75) is 19.4 Å². The van der Waals surface area contributed by atoms with Crippen LogP contribution in [0.15, 0.2) is 12.1 Å². The molecule has 1 aromatic carbocycles. The van der Waals surface area contributed by atoms with Gasteiger partial charge >= 0.3 is 5.97 Å². The predicted octanol–water partition coefficient (Wildman–Crippen LogP) is 1.17. The van der Waals surface area contributed by atoms with Crippen LogP contribution in [0.2, 0.25) is 0 Å². The van der Waals surface area contributed by atoms with E-state index in [-0.39, 0.29) is 12.8 Å². The van der Waals surface area contributed by atoms with Crippen molar-refractivity contribution in [1.29, 1.82) is 0 Å². The quantitative estimate of drug-likeness (QED) is 0.797. The van der Waals surface area contributed by atoms with Crippen LogP contribution in [0.3, 0.4) is 0 Å². The van der Waals surface area contributed by atoms with Gasteiger partial charge in [0.2, 0.25) is 6.79 Å². The molecule has 1 aromatic rings. The van der Waals surface area contributed by atoms with Gasteiger partial charge in [-0.1, -0.05) is 6.07 Å². The highest BCUT2D eigenvalue weighted by molar-refractivity contribution is 5.79. The summed E-state index contributed by atoms with van der Waals surface area (Å²) in [6.07, 6.45) is 0.831. The molecule has 3 rings (SSSR count). The van der Waals surface area contributed by atoms with E-state index in [0.717, 1.165) is 35.6 Å². The molecule has 18 heavy (non-hydrogen) atoms. The van der Waals surface area contributed by atoms with Gasteiger partial charge in [0.1, 0.15) is 6.04 Å². The third kappa shape index (κ3) is 1.71. The van der Waals surface area contributed by atoms with Gasteiger partial charge in [0.05, 0.1) is 6.61 Å². The summed E-state index contributed by atoms with van der Waals surface area (Å²) in [5, 5.41) is 3.18. The summed E-state index contributed by atoms with van der Waals surface area (Å²) in [5.74, 6) is 1.30. The summed E-state index contributed by atoms with van der Waals surface area (Å²) in [6.45, 7) is 3.18. The van der Waals surface area contributed by atoms with E-state index in [1.165, 1.54) is 0 Å². The summed E-state index contributed by atoms with van der Waals surface area (Å²) in [5.41, 5.74) is 1.99. The molecule has 2 heterocycles. The number of nitrogens with one attached hydrogen (secondary N) is 1. The van der Waals surface area contributed by atoms with Crippen LogP contribution in [-0.4, -0.2) is 25.9 Å². The van der Waals surface area contributed by atoms with E-state index < -0.39 is 6.04 Å². The minimum Gasteiger partial charge on any atom is -0.465 e. The van der Waals surface area contributed by atoms with E-state index in [9.17, 15) is 4.79 Å². The van der Waals surface area contributed by atoms with E-state index in [1.807, 2.05) is 12.1 Å². The fraction of sp³-hybridized carbons (Fsp3) is 0.462.